The summed E-state index contributed by atoms with van der Waals surface area (Å²) < 4.78 is 5.74. The lowest BCUT2D eigenvalue weighted by Gasteiger charge is -2.43. The Labute approximate surface area is 109 Å². The summed E-state index contributed by atoms with van der Waals surface area (Å²) in [6.07, 6.45) is 6.03. The summed E-state index contributed by atoms with van der Waals surface area (Å²) in [5.74, 6) is -0.652. The van der Waals surface area contributed by atoms with Gasteiger partial charge in [-0.05, 0) is 46.1 Å². The molecule has 2 saturated heterocycles. The van der Waals surface area contributed by atoms with E-state index in [1.165, 1.54) is 0 Å². The van der Waals surface area contributed by atoms with Gasteiger partial charge >= 0.3 is 5.97 Å². The zero-order valence-corrected chi connectivity index (χ0v) is 11.5. The van der Waals surface area contributed by atoms with Crippen molar-refractivity contribution < 1.29 is 14.6 Å². The van der Waals surface area contributed by atoms with Crippen LogP contribution in [0.25, 0.3) is 0 Å². The highest BCUT2D eigenvalue weighted by Gasteiger charge is 2.37. The third-order valence-electron chi connectivity index (χ3n) is 4.22. The van der Waals surface area contributed by atoms with Crippen LogP contribution in [0.2, 0.25) is 0 Å². The minimum Gasteiger partial charge on any atom is -0.480 e. The van der Waals surface area contributed by atoms with E-state index >= 15 is 0 Å². The largest absolute Gasteiger partial charge is 0.480 e. The van der Waals surface area contributed by atoms with E-state index in [1.54, 1.807) is 0 Å². The molecule has 104 valence electrons. The summed E-state index contributed by atoms with van der Waals surface area (Å²) >= 11 is 0. The fourth-order valence-corrected chi connectivity index (χ4v) is 3.32. The van der Waals surface area contributed by atoms with Gasteiger partial charge < -0.3 is 9.84 Å². The maximum Gasteiger partial charge on any atom is 0.320 e. The van der Waals surface area contributed by atoms with Crippen LogP contribution in [0.3, 0.4) is 0 Å². The molecule has 0 aromatic rings. The van der Waals surface area contributed by atoms with Gasteiger partial charge in [0.2, 0.25) is 0 Å². The number of carbonyl (C=O) groups is 1. The fraction of sp³-hybridized carbons (Fsp3) is 0.929. The number of aliphatic carboxylic acids is 1. The zero-order chi connectivity index (χ0) is 13.2. The van der Waals surface area contributed by atoms with Crippen LogP contribution in [0.15, 0.2) is 0 Å². The van der Waals surface area contributed by atoms with Crippen molar-refractivity contribution in [3.8, 4) is 0 Å². The Morgan fingerprint density at radius 1 is 1.28 bits per heavy atom. The highest BCUT2D eigenvalue weighted by Crippen LogP contribution is 2.31. The molecule has 2 atom stereocenters. The predicted octanol–water partition coefficient (Wildman–Crippen LogP) is 2.27. The number of hydrogen-bond acceptors (Lipinski definition) is 3. The molecule has 0 aliphatic carbocycles. The SMILES string of the molecule is CC1(C)CC(N2CCCCCC2C(=O)O)CCO1. The second-order valence-electron chi connectivity index (χ2n) is 6.20. The number of ether oxygens (including phenoxy) is 1. The van der Waals surface area contributed by atoms with Crippen molar-refractivity contribution in [2.45, 2.75) is 70.1 Å². The number of likely N-dealkylation sites (tertiary alicyclic amines) is 1. The number of nitrogens with zero attached hydrogens (tertiary/aromatic N) is 1. The Bertz CT molecular complexity index is 303. The summed E-state index contributed by atoms with van der Waals surface area (Å²) in [4.78, 5) is 13.7. The molecule has 0 radical (unpaired) electrons. The van der Waals surface area contributed by atoms with Crippen LogP contribution in [0.4, 0.5) is 0 Å². The first-order chi connectivity index (χ1) is 8.49. The molecule has 0 saturated carbocycles. The van der Waals surface area contributed by atoms with E-state index in [0.717, 1.165) is 51.7 Å². The van der Waals surface area contributed by atoms with Crippen molar-refractivity contribution >= 4 is 5.97 Å². The van der Waals surface area contributed by atoms with Crippen LogP contribution >= 0.6 is 0 Å². The smallest absolute Gasteiger partial charge is 0.320 e. The van der Waals surface area contributed by atoms with Gasteiger partial charge in [-0.25, -0.2) is 0 Å². The molecule has 1 N–H and O–H groups in total. The molecule has 4 nitrogen and oxygen atoms in total. The van der Waals surface area contributed by atoms with E-state index in [0.29, 0.717) is 6.04 Å². The van der Waals surface area contributed by atoms with E-state index < -0.39 is 5.97 Å². The van der Waals surface area contributed by atoms with Crippen molar-refractivity contribution in [2.75, 3.05) is 13.2 Å². The molecule has 2 aliphatic heterocycles. The molecule has 0 aromatic carbocycles. The third-order valence-corrected chi connectivity index (χ3v) is 4.22. The molecule has 0 aromatic heterocycles. The highest BCUT2D eigenvalue weighted by atomic mass is 16.5. The van der Waals surface area contributed by atoms with Crippen LogP contribution in [-0.4, -0.2) is 46.8 Å². The van der Waals surface area contributed by atoms with Gasteiger partial charge in [0, 0.05) is 12.6 Å². The van der Waals surface area contributed by atoms with Crippen LogP contribution < -0.4 is 0 Å². The normalized spacial score (nSPS) is 33.9. The summed E-state index contributed by atoms with van der Waals surface area (Å²) in [5.41, 5.74) is -0.113. The highest BCUT2D eigenvalue weighted by molar-refractivity contribution is 5.73. The molecule has 0 spiro atoms. The minimum absolute atomic E-state index is 0.113. The van der Waals surface area contributed by atoms with Gasteiger partial charge in [-0.1, -0.05) is 12.8 Å². The quantitative estimate of drug-likeness (QED) is 0.822. The monoisotopic (exact) mass is 255 g/mol. The molecular weight excluding hydrogens is 230 g/mol. The van der Waals surface area contributed by atoms with Gasteiger partial charge in [-0.2, -0.15) is 0 Å². The van der Waals surface area contributed by atoms with Crippen LogP contribution in [0.5, 0.6) is 0 Å². The lowest BCUT2D eigenvalue weighted by molar-refractivity contribution is -0.147. The Morgan fingerprint density at radius 2 is 2.06 bits per heavy atom. The van der Waals surface area contributed by atoms with Gasteiger partial charge in [-0.3, -0.25) is 9.69 Å². The second-order valence-corrected chi connectivity index (χ2v) is 6.20. The summed E-state index contributed by atoms with van der Waals surface area (Å²) in [6.45, 7) is 5.89. The molecule has 2 aliphatic rings. The first-order valence-corrected chi connectivity index (χ1v) is 7.12. The number of hydrogen-bond donors (Lipinski definition) is 1. The van der Waals surface area contributed by atoms with Gasteiger partial charge in [0.1, 0.15) is 6.04 Å². The molecule has 2 rings (SSSR count). The average Bonchev–Trinajstić information content (AvgIpc) is 2.52. The molecule has 2 heterocycles. The number of rotatable bonds is 2. The molecule has 18 heavy (non-hydrogen) atoms. The molecule has 2 unspecified atom stereocenters. The van der Waals surface area contributed by atoms with Crippen molar-refractivity contribution in [2.24, 2.45) is 0 Å². The van der Waals surface area contributed by atoms with Crippen molar-refractivity contribution in [3.63, 3.8) is 0 Å². The topological polar surface area (TPSA) is 49.8 Å². The first kappa shape index (κ1) is 13.8. The van der Waals surface area contributed by atoms with Crippen LogP contribution in [0.1, 0.15) is 52.4 Å². The predicted molar refractivity (Wildman–Crippen MR) is 69.7 cm³/mol. The summed E-state index contributed by atoms with van der Waals surface area (Å²) in [6, 6.07) is 0.0827. The Balaban J connectivity index is 2.09. The Kier molecular flexibility index (Phi) is 4.28. The second kappa shape index (κ2) is 5.57. The maximum atomic E-state index is 11.4. The van der Waals surface area contributed by atoms with Gasteiger partial charge in [0.05, 0.1) is 5.60 Å². The lowest BCUT2D eigenvalue weighted by Crippen LogP contribution is -2.52. The van der Waals surface area contributed by atoms with Gasteiger partial charge in [0.25, 0.3) is 0 Å². The lowest BCUT2D eigenvalue weighted by atomic mass is 9.91. The summed E-state index contributed by atoms with van der Waals surface area (Å²) in [7, 11) is 0. The molecular formula is C14H25NO3. The van der Waals surface area contributed by atoms with Gasteiger partial charge in [0.15, 0.2) is 0 Å². The van der Waals surface area contributed by atoms with Crippen LogP contribution in [-0.2, 0) is 9.53 Å². The average molecular weight is 255 g/mol. The molecule has 0 bridgehead atoms. The Morgan fingerprint density at radius 3 is 2.72 bits per heavy atom. The van der Waals surface area contributed by atoms with E-state index in [-0.39, 0.29) is 11.6 Å². The zero-order valence-electron chi connectivity index (χ0n) is 11.5. The Hall–Kier alpha value is -0.610. The van der Waals surface area contributed by atoms with Crippen LogP contribution in [0, 0.1) is 0 Å². The van der Waals surface area contributed by atoms with E-state index in [2.05, 4.69) is 18.7 Å². The fourth-order valence-electron chi connectivity index (χ4n) is 3.32. The maximum absolute atomic E-state index is 11.4. The van der Waals surface area contributed by atoms with E-state index in [4.69, 9.17) is 4.74 Å². The summed E-state index contributed by atoms with van der Waals surface area (Å²) in [5, 5.41) is 9.42. The number of carboxylic acid groups (broad SMARTS) is 1. The molecule has 0 amide bonds. The molecule has 2 fully saturated rings. The first-order valence-electron chi connectivity index (χ1n) is 7.12. The van der Waals surface area contributed by atoms with Gasteiger partial charge in [-0.15, -0.1) is 0 Å². The third kappa shape index (κ3) is 3.23. The number of carboxylic acids is 1. The van der Waals surface area contributed by atoms with Crippen molar-refractivity contribution in [1.29, 1.82) is 0 Å². The van der Waals surface area contributed by atoms with E-state index in [9.17, 15) is 9.90 Å². The van der Waals surface area contributed by atoms with E-state index in [1.807, 2.05) is 0 Å². The van der Waals surface area contributed by atoms with Crippen molar-refractivity contribution in [3.05, 3.63) is 0 Å². The standard InChI is InChI=1S/C14H25NO3/c1-14(2)10-11(7-9-18-14)15-8-5-3-4-6-12(15)13(16)17/h11-12H,3-10H2,1-2H3,(H,16,17). The molecule has 4 heteroatoms. The minimum atomic E-state index is -0.652. The van der Waals surface area contributed by atoms with Crippen molar-refractivity contribution in [1.82, 2.24) is 4.90 Å².